The number of nitrogens with zero attached hydrogens (tertiary/aromatic N) is 1. The topological polar surface area (TPSA) is 20.3 Å². The molecule has 0 fully saturated rings. The number of hydrogen-bond acceptors (Lipinski definition) is 1. The third kappa shape index (κ3) is 1.79. The molecule has 2 heteroatoms. The van der Waals surface area contributed by atoms with Gasteiger partial charge in [0.1, 0.15) is 0 Å². The van der Waals surface area contributed by atoms with Crippen molar-refractivity contribution in [2.45, 2.75) is 12.3 Å². The minimum Gasteiger partial charge on any atom is -0.314 e. The summed E-state index contributed by atoms with van der Waals surface area (Å²) in [6.07, 6.45) is 0. The van der Waals surface area contributed by atoms with Crippen molar-refractivity contribution in [1.82, 2.24) is 0 Å². The SMILES string of the molecule is CN1C(=O)C(C)(c2cc3ccccc3c3ccccc23)c2ccccc21. The highest BCUT2D eigenvalue weighted by atomic mass is 16.2. The third-order valence-electron chi connectivity index (χ3n) is 5.84. The average molecular weight is 337 g/mol. The molecular weight excluding hydrogens is 318 g/mol. The predicted octanol–water partition coefficient (Wildman–Crippen LogP) is 5.28. The van der Waals surface area contributed by atoms with E-state index in [4.69, 9.17) is 0 Å². The Labute approximate surface area is 152 Å². The number of rotatable bonds is 1. The van der Waals surface area contributed by atoms with Crippen molar-refractivity contribution in [3.8, 4) is 0 Å². The molecule has 1 atom stereocenters. The zero-order valence-corrected chi connectivity index (χ0v) is 14.9. The van der Waals surface area contributed by atoms with Crippen LogP contribution in [0.5, 0.6) is 0 Å². The van der Waals surface area contributed by atoms with Crippen LogP contribution in [0, 0.1) is 0 Å². The second-order valence-corrected chi connectivity index (χ2v) is 7.20. The lowest BCUT2D eigenvalue weighted by Crippen LogP contribution is -2.37. The molecule has 4 aromatic carbocycles. The summed E-state index contributed by atoms with van der Waals surface area (Å²) in [6.45, 7) is 2.06. The van der Waals surface area contributed by atoms with E-state index in [1.165, 1.54) is 16.2 Å². The number of para-hydroxylation sites is 1. The van der Waals surface area contributed by atoms with E-state index in [9.17, 15) is 4.79 Å². The van der Waals surface area contributed by atoms with Crippen LogP contribution in [0.2, 0.25) is 0 Å². The highest BCUT2D eigenvalue weighted by Crippen LogP contribution is 2.48. The zero-order chi connectivity index (χ0) is 17.9. The van der Waals surface area contributed by atoms with Crippen molar-refractivity contribution in [2.24, 2.45) is 0 Å². The van der Waals surface area contributed by atoms with Crippen molar-refractivity contribution < 1.29 is 4.79 Å². The van der Waals surface area contributed by atoms with Gasteiger partial charge in [-0.25, -0.2) is 0 Å². The van der Waals surface area contributed by atoms with Crippen LogP contribution in [0.3, 0.4) is 0 Å². The van der Waals surface area contributed by atoms with Crippen molar-refractivity contribution in [3.05, 3.63) is 90.0 Å². The molecule has 4 aromatic rings. The molecule has 5 rings (SSSR count). The molecule has 1 aliphatic rings. The first-order valence-electron chi connectivity index (χ1n) is 8.91. The average Bonchev–Trinajstić information content (AvgIpc) is 2.90. The van der Waals surface area contributed by atoms with E-state index in [0.717, 1.165) is 22.2 Å². The molecule has 0 saturated carbocycles. The summed E-state index contributed by atoms with van der Waals surface area (Å²) in [7, 11) is 1.87. The lowest BCUT2D eigenvalue weighted by Gasteiger charge is -2.26. The van der Waals surface area contributed by atoms with Crippen LogP contribution in [0.4, 0.5) is 5.69 Å². The fourth-order valence-electron chi connectivity index (χ4n) is 4.48. The van der Waals surface area contributed by atoms with Crippen LogP contribution in [-0.2, 0) is 10.2 Å². The first kappa shape index (κ1) is 15.2. The molecule has 1 unspecified atom stereocenters. The normalized spacial score (nSPS) is 19.3. The number of carbonyl (C=O) groups is 1. The van der Waals surface area contributed by atoms with Gasteiger partial charge in [0.05, 0.1) is 5.41 Å². The van der Waals surface area contributed by atoms with Crippen LogP contribution >= 0.6 is 0 Å². The molecule has 0 saturated heterocycles. The molecule has 2 nitrogen and oxygen atoms in total. The van der Waals surface area contributed by atoms with Gasteiger partial charge in [-0.05, 0) is 51.7 Å². The summed E-state index contributed by atoms with van der Waals surface area (Å²) in [6, 6.07) is 27.1. The number of fused-ring (bicyclic) bond motifs is 4. The van der Waals surface area contributed by atoms with E-state index < -0.39 is 5.41 Å². The molecule has 0 N–H and O–H groups in total. The van der Waals surface area contributed by atoms with Gasteiger partial charge < -0.3 is 4.90 Å². The summed E-state index contributed by atoms with van der Waals surface area (Å²) < 4.78 is 0. The number of amides is 1. The Morgan fingerprint density at radius 2 is 1.35 bits per heavy atom. The Kier molecular flexibility index (Phi) is 3.02. The van der Waals surface area contributed by atoms with Crippen molar-refractivity contribution in [1.29, 1.82) is 0 Å². The number of likely N-dealkylation sites (N-methyl/N-ethyl adjacent to an activating group) is 1. The fraction of sp³-hybridized carbons (Fsp3) is 0.125. The Balaban J connectivity index is 1.94. The minimum atomic E-state index is -0.686. The van der Waals surface area contributed by atoms with Crippen LogP contribution in [0.1, 0.15) is 18.1 Å². The molecule has 126 valence electrons. The molecule has 26 heavy (non-hydrogen) atoms. The number of carbonyl (C=O) groups excluding carboxylic acids is 1. The van der Waals surface area contributed by atoms with Gasteiger partial charge in [0.15, 0.2) is 0 Å². The first-order valence-corrected chi connectivity index (χ1v) is 8.91. The van der Waals surface area contributed by atoms with Crippen LogP contribution < -0.4 is 4.90 Å². The summed E-state index contributed by atoms with van der Waals surface area (Å²) >= 11 is 0. The molecule has 1 heterocycles. The Morgan fingerprint density at radius 3 is 2.15 bits per heavy atom. The summed E-state index contributed by atoms with van der Waals surface area (Å²) in [5.41, 5.74) is 2.47. The molecule has 1 aliphatic heterocycles. The lowest BCUT2D eigenvalue weighted by atomic mass is 9.74. The van der Waals surface area contributed by atoms with E-state index >= 15 is 0 Å². The second-order valence-electron chi connectivity index (χ2n) is 7.20. The van der Waals surface area contributed by atoms with E-state index in [0.29, 0.717) is 0 Å². The van der Waals surface area contributed by atoms with Gasteiger partial charge in [0.2, 0.25) is 5.91 Å². The van der Waals surface area contributed by atoms with Crippen molar-refractivity contribution >= 4 is 33.1 Å². The molecule has 1 amide bonds. The second kappa shape index (κ2) is 5.18. The Morgan fingerprint density at radius 1 is 0.731 bits per heavy atom. The molecule has 0 radical (unpaired) electrons. The zero-order valence-electron chi connectivity index (χ0n) is 14.9. The Hall–Kier alpha value is -3.13. The highest BCUT2D eigenvalue weighted by molar-refractivity contribution is 6.16. The maximum atomic E-state index is 13.4. The van der Waals surface area contributed by atoms with Gasteiger partial charge in [-0.15, -0.1) is 0 Å². The fourth-order valence-corrected chi connectivity index (χ4v) is 4.48. The maximum Gasteiger partial charge on any atom is 0.241 e. The lowest BCUT2D eigenvalue weighted by molar-refractivity contribution is -0.121. The number of hydrogen-bond donors (Lipinski definition) is 0. The van der Waals surface area contributed by atoms with E-state index in [1.807, 2.05) is 25.2 Å². The van der Waals surface area contributed by atoms with Crippen LogP contribution in [0.25, 0.3) is 21.5 Å². The highest BCUT2D eigenvalue weighted by Gasteiger charge is 2.47. The van der Waals surface area contributed by atoms with E-state index in [1.54, 1.807) is 4.90 Å². The first-order chi connectivity index (χ1) is 12.6. The largest absolute Gasteiger partial charge is 0.314 e. The number of anilines is 1. The Bertz CT molecular complexity index is 1190. The molecule has 0 aliphatic carbocycles. The third-order valence-corrected chi connectivity index (χ3v) is 5.84. The quantitative estimate of drug-likeness (QED) is 0.433. The molecule has 0 bridgehead atoms. The maximum absolute atomic E-state index is 13.4. The molecule has 0 spiro atoms. The van der Waals surface area contributed by atoms with Gasteiger partial charge >= 0.3 is 0 Å². The monoisotopic (exact) mass is 337 g/mol. The van der Waals surface area contributed by atoms with E-state index in [-0.39, 0.29) is 5.91 Å². The molecular formula is C24H19NO. The standard InChI is InChI=1S/C24H19NO/c1-24(20-13-7-8-14-22(20)25(2)23(24)26)21-15-16-9-3-4-10-17(16)18-11-5-6-12-19(18)21/h3-15H,1-2H3. The molecule has 0 aromatic heterocycles. The van der Waals surface area contributed by atoms with Crippen LogP contribution in [-0.4, -0.2) is 13.0 Å². The van der Waals surface area contributed by atoms with E-state index in [2.05, 4.69) is 67.6 Å². The predicted molar refractivity (Wildman–Crippen MR) is 108 cm³/mol. The van der Waals surface area contributed by atoms with Crippen molar-refractivity contribution in [2.75, 3.05) is 11.9 Å². The van der Waals surface area contributed by atoms with Crippen molar-refractivity contribution in [3.63, 3.8) is 0 Å². The van der Waals surface area contributed by atoms with Gasteiger partial charge in [-0.1, -0.05) is 66.7 Å². The van der Waals surface area contributed by atoms with Gasteiger partial charge in [0, 0.05) is 12.7 Å². The van der Waals surface area contributed by atoms with Gasteiger partial charge in [-0.3, -0.25) is 4.79 Å². The van der Waals surface area contributed by atoms with Gasteiger partial charge in [0.25, 0.3) is 0 Å². The summed E-state index contributed by atoms with van der Waals surface area (Å²) in [5.74, 6) is 0.124. The number of benzene rings is 4. The smallest absolute Gasteiger partial charge is 0.241 e. The van der Waals surface area contributed by atoms with Gasteiger partial charge in [-0.2, -0.15) is 0 Å². The minimum absolute atomic E-state index is 0.124. The summed E-state index contributed by atoms with van der Waals surface area (Å²) in [4.78, 5) is 15.2. The van der Waals surface area contributed by atoms with Crippen LogP contribution in [0.15, 0.2) is 78.9 Å². The summed E-state index contributed by atoms with van der Waals surface area (Å²) in [5, 5.41) is 4.73.